The Hall–Kier alpha value is -2.74. The first-order chi connectivity index (χ1) is 12.3. The van der Waals surface area contributed by atoms with Crippen LogP contribution in [0.1, 0.15) is 31.2 Å². The molecule has 26 heavy (non-hydrogen) atoms. The van der Waals surface area contributed by atoms with Crippen molar-refractivity contribution < 1.29 is 22.7 Å². The first-order valence-electron chi connectivity index (χ1n) is 7.98. The number of halogens is 3. The van der Waals surface area contributed by atoms with E-state index in [1.54, 1.807) is 13.0 Å². The molecule has 1 atom stereocenters. The van der Waals surface area contributed by atoms with Crippen molar-refractivity contribution in [2.45, 2.75) is 27.0 Å². The summed E-state index contributed by atoms with van der Waals surface area (Å²) in [6, 6.07) is 6.32. The number of ether oxygens (including phenoxy) is 1. The van der Waals surface area contributed by atoms with Gasteiger partial charge in [-0.25, -0.2) is 18.0 Å². The lowest BCUT2D eigenvalue weighted by Gasteiger charge is -2.21. The van der Waals surface area contributed by atoms with Crippen LogP contribution in [0.2, 0.25) is 0 Å². The van der Waals surface area contributed by atoms with E-state index in [2.05, 4.69) is 10.6 Å². The van der Waals surface area contributed by atoms with Crippen LogP contribution in [0.5, 0.6) is 0 Å². The van der Waals surface area contributed by atoms with Crippen LogP contribution in [0.4, 0.5) is 29.3 Å². The van der Waals surface area contributed by atoms with E-state index in [1.165, 1.54) is 25.2 Å². The zero-order chi connectivity index (χ0) is 19.9. The van der Waals surface area contributed by atoms with Crippen molar-refractivity contribution in [1.29, 1.82) is 0 Å². The minimum absolute atomic E-state index is 0.0511. The van der Waals surface area contributed by atoms with Crippen LogP contribution in [0, 0.1) is 24.4 Å². The molecule has 0 saturated carbocycles. The van der Waals surface area contributed by atoms with Gasteiger partial charge in [-0.15, -0.1) is 0 Å². The molecule has 0 saturated heterocycles. The second-order valence-corrected chi connectivity index (χ2v) is 5.04. The summed E-state index contributed by atoms with van der Waals surface area (Å²) in [5.41, 5.74) is 5.27. The number of hydrogen-bond donors (Lipinski definition) is 3. The number of nitrogens with one attached hydrogen (secondary N) is 2. The highest BCUT2D eigenvalue weighted by molar-refractivity contribution is 5.68. The van der Waals surface area contributed by atoms with Gasteiger partial charge in [0.1, 0.15) is 5.82 Å². The van der Waals surface area contributed by atoms with E-state index in [0.29, 0.717) is 5.56 Å². The number of nitrogens with two attached hydrogens (primary N) is 1. The standard InChI is InChI=1S/C16H16F3N3O2.C2H6/c1-8-3-6-12(11(18)7-8)22-14-9(4-5-10(17)13(14)19)15(21-2)24-16(20)23;1-2/h3-7,15,21-22H,1-2H3,(H2,20,23);1-2H3. The number of carbonyl (C=O) groups excluding carboxylic acids is 1. The van der Waals surface area contributed by atoms with Crippen molar-refractivity contribution in [1.82, 2.24) is 5.32 Å². The lowest BCUT2D eigenvalue weighted by molar-refractivity contribution is 0.0910. The maximum absolute atomic E-state index is 14.2. The number of carbonyl (C=O) groups is 1. The van der Waals surface area contributed by atoms with Gasteiger partial charge in [0.05, 0.1) is 11.4 Å². The molecule has 8 heteroatoms. The molecule has 5 nitrogen and oxygen atoms in total. The first kappa shape index (κ1) is 21.3. The third-order valence-corrected chi connectivity index (χ3v) is 3.29. The number of anilines is 2. The number of primary amides is 1. The summed E-state index contributed by atoms with van der Waals surface area (Å²) in [5.74, 6) is -3.01. The second-order valence-electron chi connectivity index (χ2n) is 5.04. The molecule has 2 aromatic rings. The minimum atomic E-state index is -1.24. The van der Waals surface area contributed by atoms with E-state index in [4.69, 9.17) is 10.5 Å². The van der Waals surface area contributed by atoms with E-state index < -0.39 is 29.8 Å². The predicted octanol–water partition coefficient (Wildman–Crippen LogP) is 4.50. The molecule has 0 aliphatic heterocycles. The van der Waals surface area contributed by atoms with E-state index in [9.17, 15) is 18.0 Å². The van der Waals surface area contributed by atoms with Gasteiger partial charge >= 0.3 is 6.09 Å². The van der Waals surface area contributed by atoms with Gasteiger partial charge in [0, 0.05) is 5.56 Å². The first-order valence-corrected chi connectivity index (χ1v) is 7.98. The Balaban J connectivity index is 0.00000163. The molecule has 142 valence electrons. The number of amides is 1. The third-order valence-electron chi connectivity index (χ3n) is 3.29. The average Bonchev–Trinajstić information content (AvgIpc) is 2.61. The summed E-state index contributed by atoms with van der Waals surface area (Å²) in [7, 11) is 1.44. The molecule has 4 N–H and O–H groups in total. The molecule has 2 rings (SSSR count). The summed E-state index contributed by atoms with van der Waals surface area (Å²) < 4.78 is 46.6. The molecule has 1 amide bonds. The fourth-order valence-electron chi connectivity index (χ4n) is 2.16. The van der Waals surface area contributed by atoms with Gasteiger partial charge in [0.2, 0.25) is 0 Å². The quantitative estimate of drug-likeness (QED) is 0.679. The van der Waals surface area contributed by atoms with Crippen LogP contribution in [0.15, 0.2) is 30.3 Å². The number of aryl methyl sites for hydroxylation is 1. The van der Waals surface area contributed by atoms with E-state index in [-0.39, 0.29) is 16.9 Å². The van der Waals surface area contributed by atoms with E-state index in [1.807, 2.05) is 13.8 Å². The molecule has 0 heterocycles. The molecule has 0 aliphatic carbocycles. The molecule has 0 radical (unpaired) electrons. The molecule has 0 aromatic heterocycles. The lowest BCUT2D eigenvalue weighted by Crippen LogP contribution is -2.27. The lowest BCUT2D eigenvalue weighted by atomic mass is 10.1. The average molecular weight is 369 g/mol. The highest BCUT2D eigenvalue weighted by Crippen LogP contribution is 2.32. The number of rotatable bonds is 5. The molecule has 0 spiro atoms. The van der Waals surface area contributed by atoms with Crippen molar-refractivity contribution in [3.63, 3.8) is 0 Å². The summed E-state index contributed by atoms with van der Waals surface area (Å²) in [6.45, 7) is 5.69. The summed E-state index contributed by atoms with van der Waals surface area (Å²) in [5, 5.41) is 5.10. The Bertz CT molecular complexity index is 770. The second kappa shape index (κ2) is 9.67. The largest absolute Gasteiger partial charge is 0.426 e. The smallest absolute Gasteiger partial charge is 0.406 e. The van der Waals surface area contributed by atoms with Crippen molar-refractivity contribution in [2.24, 2.45) is 5.73 Å². The Morgan fingerprint density at radius 2 is 1.77 bits per heavy atom. The monoisotopic (exact) mass is 369 g/mol. The predicted molar refractivity (Wildman–Crippen MR) is 94.6 cm³/mol. The topological polar surface area (TPSA) is 76.4 Å². The molecule has 2 aromatic carbocycles. The summed E-state index contributed by atoms with van der Waals surface area (Å²) in [4.78, 5) is 11.0. The fourth-order valence-corrected chi connectivity index (χ4v) is 2.16. The Labute approximate surface area is 150 Å². The number of benzene rings is 2. The zero-order valence-corrected chi connectivity index (χ0v) is 15.0. The van der Waals surface area contributed by atoms with Crippen molar-refractivity contribution >= 4 is 17.5 Å². The van der Waals surface area contributed by atoms with E-state index in [0.717, 1.165) is 6.07 Å². The Morgan fingerprint density at radius 3 is 2.31 bits per heavy atom. The van der Waals surface area contributed by atoms with Crippen LogP contribution in [-0.2, 0) is 4.74 Å². The van der Waals surface area contributed by atoms with Crippen LogP contribution in [0.25, 0.3) is 0 Å². The molecule has 0 aliphatic rings. The van der Waals surface area contributed by atoms with Gasteiger partial charge in [0.15, 0.2) is 17.9 Å². The molecule has 0 bridgehead atoms. The molecular formula is C18H22F3N3O2. The van der Waals surface area contributed by atoms with Gasteiger partial charge in [-0.1, -0.05) is 19.9 Å². The van der Waals surface area contributed by atoms with Gasteiger partial charge in [0.25, 0.3) is 0 Å². The maximum atomic E-state index is 14.2. The van der Waals surface area contributed by atoms with Crippen molar-refractivity contribution in [2.75, 3.05) is 12.4 Å². The van der Waals surface area contributed by atoms with Crippen LogP contribution < -0.4 is 16.4 Å². The molecule has 0 fully saturated rings. The third kappa shape index (κ3) is 5.13. The molecular weight excluding hydrogens is 347 g/mol. The fraction of sp³-hybridized carbons (Fsp3) is 0.278. The SMILES string of the molecule is CC.CNC(OC(N)=O)c1ccc(F)c(F)c1Nc1ccc(C)cc1F. The highest BCUT2D eigenvalue weighted by Gasteiger charge is 2.23. The zero-order valence-electron chi connectivity index (χ0n) is 15.0. The maximum Gasteiger partial charge on any atom is 0.406 e. The van der Waals surface area contributed by atoms with Gasteiger partial charge in [-0.2, -0.15) is 0 Å². The van der Waals surface area contributed by atoms with Gasteiger partial charge < -0.3 is 15.8 Å². The van der Waals surface area contributed by atoms with Crippen LogP contribution >= 0.6 is 0 Å². The minimum Gasteiger partial charge on any atom is -0.426 e. The van der Waals surface area contributed by atoms with Gasteiger partial charge in [-0.3, -0.25) is 5.32 Å². The van der Waals surface area contributed by atoms with Crippen LogP contribution in [0.3, 0.4) is 0 Å². The highest BCUT2D eigenvalue weighted by atomic mass is 19.2. The van der Waals surface area contributed by atoms with Gasteiger partial charge in [-0.05, 0) is 43.8 Å². The van der Waals surface area contributed by atoms with Crippen LogP contribution in [-0.4, -0.2) is 13.1 Å². The number of hydrogen-bond acceptors (Lipinski definition) is 4. The molecule has 1 unspecified atom stereocenters. The summed E-state index contributed by atoms with van der Waals surface area (Å²) in [6.07, 6.45) is -2.25. The van der Waals surface area contributed by atoms with E-state index >= 15 is 0 Å². The Morgan fingerprint density at radius 1 is 1.12 bits per heavy atom. The Kier molecular flexibility index (Phi) is 7.92. The van der Waals surface area contributed by atoms with Crippen molar-refractivity contribution in [3.8, 4) is 0 Å². The normalized spacial score (nSPS) is 11.2. The van der Waals surface area contributed by atoms with Crippen molar-refractivity contribution in [3.05, 3.63) is 58.9 Å². The summed E-state index contributed by atoms with van der Waals surface area (Å²) >= 11 is 0.